The number of aliphatic carboxylic acids is 1. The summed E-state index contributed by atoms with van der Waals surface area (Å²) in [6, 6.07) is 1.58. The molecule has 0 bridgehead atoms. The van der Waals surface area contributed by atoms with E-state index in [2.05, 4.69) is 0 Å². The van der Waals surface area contributed by atoms with Gasteiger partial charge in [0, 0.05) is 26.6 Å². The van der Waals surface area contributed by atoms with Crippen molar-refractivity contribution in [1.29, 1.82) is 0 Å². The van der Waals surface area contributed by atoms with Crippen LogP contribution in [0.3, 0.4) is 0 Å². The van der Waals surface area contributed by atoms with E-state index in [4.69, 9.17) is 28.3 Å². The van der Waals surface area contributed by atoms with E-state index in [0.29, 0.717) is 35.4 Å². The summed E-state index contributed by atoms with van der Waals surface area (Å²) in [5.74, 6) is -0.657. The van der Waals surface area contributed by atoms with E-state index in [1.807, 2.05) is 0 Å². The number of piperidine rings is 1. The molecule has 116 valence electrons. The zero-order chi connectivity index (χ0) is 15.6. The Morgan fingerprint density at radius 2 is 2.14 bits per heavy atom. The molecule has 1 fully saturated rings. The van der Waals surface area contributed by atoms with Gasteiger partial charge in [-0.15, -0.1) is 0 Å². The van der Waals surface area contributed by atoms with Gasteiger partial charge in [-0.3, -0.25) is 9.59 Å². The van der Waals surface area contributed by atoms with Crippen LogP contribution in [0.5, 0.6) is 0 Å². The van der Waals surface area contributed by atoms with Crippen molar-refractivity contribution >= 4 is 35.1 Å². The highest BCUT2D eigenvalue weighted by Crippen LogP contribution is 2.28. The third-order valence-corrected chi connectivity index (χ3v) is 4.75. The molecular weight excluding hydrogens is 315 g/mol. The van der Waals surface area contributed by atoms with E-state index in [0.717, 1.165) is 12.8 Å². The minimum absolute atomic E-state index is 0.105. The normalized spacial score (nSPS) is 18.8. The average molecular weight is 333 g/mol. The minimum atomic E-state index is -0.792. The summed E-state index contributed by atoms with van der Waals surface area (Å²) in [7, 11) is 1.70. The molecule has 0 aliphatic carbocycles. The van der Waals surface area contributed by atoms with Crippen LogP contribution in [-0.4, -0.2) is 39.5 Å². The molecule has 1 saturated heterocycles. The monoisotopic (exact) mass is 332 g/mol. The number of carbonyl (C=O) groups is 2. The van der Waals surface area contributed by atoms with Gasteiger partial charge < -0.3 is 14.6 Å². The smallest absolute Gasteiger partial charge is 0.303 e. The maximum atomic E-state index is 12.5. The molecule has 0 unspecified atom stereocenters. The SMILES string of the molecule is Cn1c(C(=O)N2CCC[C@@H](CCC(=O)O)C2)cc(Cl)c1Cl. The second-order valence-corrected chi connectivity index (χ2v) is 6.18. The maximum absolute atomic E-state index is 12.5. The fourth-order valence-electron chi connectivity index (χ4n) is 2.72. The fourth-order valence-corrected chi connectivity index (χ4v) is 3.10. The summed E-state index contributed by atoms with van der Waals surface area (Å²) >= 11 is 11.9. The van der Waals surface area contributed by atoms with E-state index in [9.17, 15) is 9.59 Å². The molecule has 21 heavy (non-hydrogen) atoms. The molecular formula is C14H18Cl2N2O3. The summed E-state index contributed by atoms with van der Waals surface area (Å²) in [5, 5.41) is 9.46. The van der Waals surface area contributed by atoms with Crippen LogP contribution in [0, 0.1) is 5.92 Å². The van der Waals surface area contributed by atoms with Crippen LogP contribution in [0.4, 0.5) is 0 Å². The first-order valence-electron chi connectivity index (χ1n) is 6.92. The predicted molar refractivity (Wildman–Crippen MR) is 80.9 cm³/mol. The number of aromatic nitrogens is 1. The van der Waals surface area contributed by atoms with Gasteiger partial charge in [0.05, 0.1) is 5.02 Å². The average Bonchev–Trinajstić information content (AvgIpc) is 2.72. The molecule has 1 aromatic rings. The number of carbonyl (C=O) groups excluding carboxylic acids is 1. The van der Waals surface area contributed by atoms with E-state index < -0.39 is 5.97 Å². The molecule has 1 N–H and O–H groups in total. The molecule has 2 heterocycles. The summed E-state index contributed by atoms with van der Waals surface area (Å²) in [6.45, 7) is 1.27. The summed E-state index contributed by atoms with van der Waals surface area (Å²) in [5.41, 5.74) is 0.462. The molecule has 0 aromatic carbocycles. The van der Waals surface area contributed by atoms with E-state index >= 15 is 0 Å². The van der Waals surface area contributed by atoms with E-state index in [1.54, 1.807) is 22.6 Å². The lowest BCUT2D eigenvalue weighted by atomic mass is 9.93. The molecule has 0 radical (unpaired) electrons. The number of hydrogen-bond donors (Lipinski definition) is 1. The van der Waals surface area contributed by atoms with Crippen LogP contribution in [0.15, 0.2) is 6.07 Å². The molecule has 1 atom stereocenters. The highest BCUT2D eigenvalue weighted by atomic mass is 35.5. The number of likely N-dealkylation sites (tertiary alicyclic amines) is 1. The van der Waals surface area contributed by atoms with Crippen molar-refractivity contribution in [2.45, 2.75) is 25.7 Å². The highest BCUT2D eigenvalue weighted by molar-refractivity contribution is 6.41. The molecule has 7 heteroatoms. The Labute approximate surface area is 133 Å². The number of carboxylic acid groups (broad SMARTS) is 1. The zero-order valence-corrected chi connectivity index (χ0v) is 13.3. The van der Waals surface area contributed by atoms with Gasteiger partial charge in [0.2, 0.25) is 0 Å². The first-order valence-corrected chi connectivity index (χ1v) is 7.67. The second kappa shape index (κ2) is 6.71. The number of rotatable bonds is 4. The van der Waals surface area contributed by atoms with Gasteiger partial charge >= 0.3 is 5.97 Å². The minimum Gasteiger partial charge on any atom is -0.481 e. The molecule has 1 aliphatic heterocycles. The van der Waals surface area contributed by atoms with Gasteiger partial charge in [-0.25, -0.2) is 0 Å². The first kappa shape index (κ1) is 16.2. The van der Waals surface area contributed by atoms with Crippen LogP contribution in [0.25, 0.3) is 0 Å². The van der Waals surface area contributed by atoms with Crippen LogP contribution in [0.1, 0.15) is 36.2 Å². The van der Waals surface area contributed by atoms with E-state index in [1.165, 1.54) is 0 Å². The molecule has 5 nitrogen and oxygen atoms in total. The Hall–Kier alpha value is -1.20. The lowest BCUT2D eigenvalue weighted by Crippen LogP contribution is -2.40. The maximum Gasteiger partial charge on any atom is 0.303 e. The Morgan fingerprint density at radius 1 is 1.43 bits per heavy atom. The Kier molecular flexibility index (Phi) is 5.17. The molecule has 0 spiro atoms. The highest BCUT2D eigenvalue weighted by Gasteiger charge is 2.27. The van der Waals surface area contributed by atoms with Crippen molar-refractivity contribution < 1.29 is 14.7 Å². The summed E-state index contributed by atoms with van der Waals surface area (Å²) in [6.07, 6.45) is 2.61. The molecule has 2 rings (SSSR count). The molecule has 1 aromatic heterocycles. The lowest BCUT2D eigenvalue weighted by molar-refractivity contribution is -0.137. The third-order valence-electron chi connectivity index (χ3n) is 3.91. The Morgan fingerprint density at radius 3 is 2.71 bits per heavy atom. The molecule has 1 amide bonds. The van der Waals surface area contributed by atoms with Crippen LogP contribution in [0.2, 0.25) is 10.2 Å². The molecule has 1 aliphatic rings. The van der Waals surface area contributed by atoms with Gasteiger partial charge in [-0.2, -0.15) is 0 Å². The third kappa shape index (κ3) is 3.71. The fraction of sp³-hybridized carbons (Fsp3) is 0.571. The topological polar surface area (TPSA) is 62.5 Å². The van der Waals surface area contributed by atoms with Gasteiger partial charge in [0.1, 0.15) is 10.8 Å². The van der Waals surface area contributed by atoms with Crippen molar-refractivity contribution in [2.24, 2.45) is 13.0 Å². The van der Waals surface area contributed by atoms with Crippen molar-refractivity contribution in [3.05, 3.63) is 21.9 Å². The van der Waals surface area contributed by atoms with Crippen molar-refractivity contribution in [1.82, 2.24) is 9.47 Å². The van der Waals surface area contributed by atoms with Gasteiger partial charge in [0.25, 0.3) is 5.91 Å². The number of hydrogen-bond acceptors (Lipinski definition) is 2. The van der Waals surface area contributed by atoms with Crippen LogP contribution >= 0.6 is 23.2 Å². The zero-order valence-electron chi connectivity index (χ0n) is 11.8. The first-order chi connectivity index (χ1) is 9.90. The van der Waals surface area contributed by atoms with Gasteiger partial charge in [0.15, 0.2) is 0 Å². The second-order valence-electron chi connectivity index (χ2n) is 5.42. The number of carboxylic acids is 1. The van der Waals surface area contributed by atoms with Crippen LogP contribution in [-0.2, 0) is 11.8 Å². The van der Waals surface area contributed by atoms with Crippen molar-refractivity contribution in [2.75, 3.05) is 13.1 Å². The number of halogens is 2. The van der Waals surface area contributed by atoms with Gasteiger partial charge in [-0.05, 0) is 31.2 Å². The standard InChI is InChI=1S/C14H18Cl2N2O3/c1-17-11(7-10(15)13(17)16)14(21)18-6-2-3-9(8-18)4-5-12(19)20/h7,9H,2-6,8H2,1H3,(H,19,20)/t9-/m0/s1. The Bertz CT molecular complexity index is 557. The Balaban J connectivity index is 2.05. The van der Waals surface area contributed by atoms with Crippen molar-refractivity contribution in [3.63, 3.8) is 0 Å². The summed E-state index contributed by atoms with van der Waals surface area (Å²) < 4.78 is 1.58. The van der Waals surface area contributed by atoms with Gasteiger partial charge in [-0.1, -0.05) is 23.2 Å². The van der Waals surface area contributed by atoms with E-state index in [-0.39, 0.29) is 18.2 Å². The van der Waals surface area contributed by atoms with Crippen molar-refractivity contribution in [3.8, 4) is 0 Å². The predicted octanol–water partition coefficient (Wildman–Crippen LogP) is 3.05. The molecule has 0 saturated carbocycles. The largest absolute Gasteiger partial charge is 0.481 e. The van der Waals surface area contributed by atoms with Crippen LogP contribution < -0.4 is 0 Å². The quantitative estimate of drug-likeness (QED) is 0.921. The lowest BCUT2D eigenvalue weighted by Gasteiger charge is -2.32. The summed E-state index contributed by atoms with van der Waals surface area (Å²) in [4.78, 5) is 25.0. The number of nitrogens with zero attached hydrogens (tertiary/aromatic N) is 2. The number of amides is 1.